The van der Waals surface area contributed by atoms with Crippen LogP contribution < -0.4 is 16.8 Å². The minimum atomic E-state index is -5.61. The van der Waals surface area contributed by atoms with E-state index in [4.69, 9.17) is 32.9 Å². The number of hydrogen-bond acceptors (Lipinski definition) is 20. The van der Waals surface area contributed by atoms with E-state index in [9.17, 15) is 59.1 Å². The van der Waals surface area contributed by atoms with Crippen molar-refractivity contribution in [3.63, 3.8) is 0 Å². The molecule has 2 fully saturated rings. The molecule has 2 amide bonds. The highest BCUT2D eigenvalue weighted by Crippen LogP contribution is 2.43. The number of esters is 3. The molecule has 0 saturated carbocycles. The fourth-order valence-corrected chi connectivity index (χ4v) is 18.1. The van der Waals surface area contributed by atoms with Gasteiger partial charge in [-0.3, -0.25) is 33.3 Å². The lowest BCUT2D eigenvalue weighted by Crippen LogP contribution is -2.67. The molecule has 2 saturated heterocycles. The van der Waals surface area contributed by atoms with Gasteiger partial charge in [-0.05, 0) is 51.4 Å². The molecular weight excluding hydrogens is 1600 g/mol. The summed E-state index contributed by atoms with van der Waals surface area (Å²) in [6.07, 6.45) is 46.5. The molecule has 0 aromatic rings. The van der Waals surface area contributed by atoms with E-state index < -0.39 is 161 Å². The van der Waals surface area contributed by atoms with E-state index in [1.165, 1.54) is 173 Å². The summed E-state index contributed by atoms with van der Waals surface area (Å²) in [5.41, 5.74) is 0. The number of phosphoric acid groups is 1. The molecule has 2 heterocycles. The van der Waals surface area contributed by atoms with Crippen molar-refractivity contribution in [3.05, 3.63) is 0 Å². The third-order valence-corrected chi connectivity index (χ3v) is 25.6. The van der Waals surface area contributed by atoms with Crippen molar-refractivity contribution in [3.8, 4) is 0 Å². The first kappa shape index (κ1) is 119. The van der Waals surface area contributed by atoms with Gasteiger partial charge in [0.2, 0.25) is 11.8 Å². The largest absolute Gasteiger partial charge is 0.470 e. The van der Waals surface area contributed by atoms with Crippen LogP contribution in [0.5, 0.6) is 0 Å². The third-order valence-electron chi connectivity index (χ3n) is 25.1. The maximum Gasteiger partial charge on any atom is 0.470 e. The molecule has 0 aromatic carbocycles. The van der Waals surface area contributed by atoms with Gasteiger partial charge in [-0.1, -0.05) is 401 Å². The molecule has 2 aliphatic heterocycles. The summed E-state index contributed by atoms with van der Waals surface area (Å²) in [5.74, 6) is -5.20. The van der Waals surface area contributed by atoms with Gasteiger partial charge in [-0.25, -0.2) is 4.57 Å². The van der Waals surface area contributed by atoms with Gasteiger partial charge in [0.1, 0.15) is 42.3 Å². The molecule has 0 aliphatic carbocycles. The van der Waals surface area contributed by atoms with E-state index in [0.29, 0.717) is 57.8 Å². The van der Waals surface area contributed by atoms with Gasteiger partial charge in [-0.2, -0.15) is 0 Å². The predicted octanol–water partition coefficient (Wildman–Crippen LogP) is 22.9. The van der Waals surface area contributed by atoms with Gasteiger partial charge in [-0.15, -0.1) is 0 Å². The van der Waals surface area contributed by atoms with Crippen LogP contribution in [0.25, 0.3) is 0 Å². The van der Waals surface area contributed by atoms with Crippen LogP contribution in [0.2, 0.25) is 0 Å². The van der Waals surface area contributed by atoms with Crippen molar-refractivity contribution < 1.29 is 102 Å². The summed E-state index contributed by atoms with van der Waals surface area (Å²) in [6.45, 7) is 11.4. The Morgan fingerprint density at radius 2 is 0.685 bits per heavy atom. The Bertz CT molecular complexity index is 2590. The Morgan fingerprint density at radius 3 is 1.04 bits per heavy atom. The van der Waals surface area contributed by atoms with Crippen molar-refractivity contribution in [2.24, 2.45) is 5.92 Å². The highest BCUT2D eigenvalue weighted by Gasteiger charge is 2.54. The number of rotatable bonds is 87. The number of phosphoric ester groups is 1. The molecule has 0 bridgehead atoms. The molecule has 12 N–H and O–H groups in total. The van der Waals surface area contributed by atoms with Crippen molar-refractivity contribution in [2.45, 2.75) is 577 Å². The summed E-state index contributed by atoms with van der Waals surface area (Å²) in [4.78, 5) is 107. The normalized spacial score (nSPS) is 20.1. The number of hydrogen-bond donors (Lipinski definition) is 10. The molecular formula is C99H190N3O21P. The van der Waals surface area contributed by atoms with Gasteiger partial charge < -0.3 is 80.5 Å². The number of carbonyl (C=O) groups excluding carboxylic acids is 6. The lowest BCUT2D eigenvalue weighted by molar-refractivity contribution is -0.294. The van der Waals surface area contributed by atoms with Gasteiger partial charge in [0, 0.05) is 31.6 Å². The molecule has 0 aromatic heterocycles. The lowest BCUT2D eigenvalue weighted by Gasteiger charge is -2.46. The van der Waals surface area contributed by atoms with Crippen LogP contribution in [0.1, 0.15) is 497 Å². The zero-order chi connectivity index (χ0) is 90.0. The average Bonchev–Trinajstić information content (AvgIpc) is 0.781. The maximum atomic E-state index is 15.2. The molecule has 14 atom stereocenters. The Labute approximate surface area is 754 Å². The minimum absolute atomic E-state index is 0. The maximum absolute atomic E-state index is 15.2. The van der Waals surface area contributed by atoms with Crippen LogP contribution in [-0.2, 0) is 66.3 Å². The molecule has 732 valence electrons. The zero-order valence-electron chi connectivity index (χ0n) is 79.7. The van der Waals surface area contributed by atoms with E-state index in [0.717, 1.165) is 173 Å². The number of aliphatic hydroxyl groups is 5. The Hall–Kier alpha value is -3.23. The molecule has 0 radical (unpaired) electrons. The van der Waals surface area contributed by atoms with Gasteiger partial charge in [0.25, 0.3) is 0 Å². The van der Waals surface area contributed by atoms with E-state index in [2.05, 4.69) is 52.2 Å². The number of aliphatic hydroxyl groups excluding tert-OH is 5. The van der Waals surface area contributed by atoms with Gasteiger partial charge in [0.15, 0.2) is 18.7 Å². The van der Waals surface area contributed by atoms with Crippen LogP contribution in [0.3, 0.4) is 0 Å². The molecule has 0 spiro atoms. The van der Waals surface area contributed by atoms with Gasteiger partial charge in [0.05, 0.1) is 56.8 Å². The zero-order valence-corrected chi connectivity index (χ0v) is 80.6. The molecule has 2 aliphatic rings. The number of Topliss-reactive ketones (excluding diaryl/α,β-unsaturated/α-hetero) is 1. The first-order chi connectivity index (χ1) is 59.6. The second-order valence-corrected chi connectivity index (χ2v) is 38.0. The van der Waals surface area contributed by atoms with Crippen LogP contribution in [0.4, 0.5) is 0 Å². The Balaban J connectivity index is 0.0000769. The fourth-order valence-electron chi connectivity index (χ4n) is 17.5. The van der Waals surface area contributed by atoms with Gasteiger partial charge >= 0.3 is 25.7 Å². The lowest BCUT2D eigenvalue weighted by atomic mass is 9.82. The SMILES string of the molecule is CCCCCCCCCCCCCC(=O)O[C@H](CCCCCCCCCCC)CC(=O)NC1[C@H](OCC2O[C@H](O)C(NC(=O)C[C@H](O)CCCCCCCCCCC)[C@@H](CC(=O)C[C@H](O)CCCCCCCCCCC)[C@@H]2O)OC(CO)[C@@H](OP(=O)(O)O)[C@@H]1OC(=O)C[C@@H](CCCCCCCCCCCCC)OC(=O)CCCCCCCCCCCCC.N. The number of carbonyl (C=O) groups is 6. The van der Waals surface area contributed by atoms with E-state index in [1.54, 1.807) is 0 Å². The highest BCUT2D eigenvalue weighted by atomic mass is 31.2. The summed E-state index contributed by atoms with van der Waals surface area (Å²) in [5, 5.41) is 63.9. The average molecular weight is 1790 g/mol. The second kappa shape index (κ2) is 80.6. The van der Waals surface area contributed by atoms with E-state index in [-0.39, 0.29) is 38.3 Å². The number of amides is 2. The number of nitrogens with one attached hydrogen (secondary N) is 2. The van der Waals surface area contributed by atoms with Crippen molar-refractivity contribution >= 4 is 43.3 Å². The standard InChI is InChI=1S/C99H187N2O21P.H3N/c1-7-13-19-25-31-37-40-46-52-58-64-70-84(118-91(109)72-66-60-54-48-42-39-33-27-21-15-9-3)77-92(110)121-97-94(101-89(107)76-83(69-63-57-51-45-36-30-24-18-12-6)117-90(108)71-65-59-53-47-41-38-32-26-20-14-8-2)99(120-86(78-102)96(97)122-123(113,114)115)116-79-87-95(111)85(74-82(105)73-80(103)67-61-55-49-43-34-28-22-16-10-4)93(98(112)119-87)100-88(106)75-81(104)68-62-56-50-44-35-29-23-17-11-5;/h80-81,83-87,93-99,102-104,111-112H,7-79H2,1-6H3,(H,100,106)(H,101,107)(H2,113,114,115);1H3/t80-,81-,83-,84-,85-,86?,87?,93?,94?,95+,96-,97-,98+,99-;/m1./s1. The minimum Gasteiger partial charge on any atom is -0.462 e. The molecule has 4 unspecified atom stereocenters. The quantitative estimate of drug-likeness (QED) is 0.0117. The van der Waals surface area contributed by atoms with Crippen molar-refractivity contribution in [1.82, 2.24) is 16.8 Å². The summed E-state index contributed by atoms with van der Waals surface area (Å²) in [6, 6.07) is -3.22. The van der Waals surface area contributed by atoms with Crippen molar-refractivity contribution in [1.29, 1.82) is 0 Å². The van der Waals surface area contributed by atoms with E-state index in [1.807, 2.05) is 0 Å². The molecule has 2 rings (SSSR count). The second-order valence-electron chi connectivity index (χ2n) is 36.8. The molecule has 25 heteroatoms. The third kappa shape index (κ3) is 63.7. The van der Waals surface area contributed by atoms with E-state index >= 15 is 9.59 Å². The first-order valence-corrected chi connectivity index (χ1v) is 52.8. The number of ether oxygens (including phenoxy) is 6. The molecule has 24 nitrogen and oxygen atoms in total. The smallest absolute Gasteiger partial charge is 0.462 e. The topological polar surface area (TPSA) is 385 Å². The first-order valence-electron chi connectivity index (χ1n) is 51.3. The number of ketones is 1. The monoisotopic (exact) mass is 1790 g/mol. The summed E-state index contributed by atoms with van der Waals surface area (Å²) >= 11 is 0. The summed E-state index contributed by atoms with van der Waals surface area (Å²) < 4.78 is 56.3. The van der Waals surface area contributed by atoms with Crippen LogP contribution in [-0.4, -0.2) is 164 Å². The predicted molar refractivity (Wildman–Crippen MR) is 496 cm³/mol. The Kier molecular flexibility index (Phi) is 77.2. The Morgan fingerprint density at radius 1 is 0.371 bits per heavy atom. The van der Waals surface area contributed by atoms with Crippen LogP contribution >= 0.6 is 7.82 Å². The molecule has 124 heavy (non-hydrogen) atoms. The van der Waals surface area contributed by atoms with Crippen molar-refractivity contribution in [2.75, 3.05) is 13.2 Å². The highest BCUT2D eigenvalue weighted by molar-refractivity contribution is 7.46. The fraction of sp³-hybridized carbons (Fsp3) is 0.939. The van der Waals surface area contributed by atoms with Crippen LogP contribution in [0.15, 0.2) is 0 Å². The summed E-state index contributed by atoms with van der Waals surface area (Å²) in [7, 11) is -5.61. The number of unbranched alkanes of at least 4 members (excludes halogenated alkanes) is 54. The van der Waals surface area contributed by atoms with Crippen LogP contribution in [0, 0.1) is 5.92 Å².